The molecular weight excluding hydrogens is 270 g/mol. The third-order valence-corrected chi connectivity index (χ3v) is 3.02. The van der Waals surface area contributed by atoms with E-state index in [4.69, 9.17) is 5.11 Å². The molecule has 0 aliphatic heterocycles. The van der Waals surface area contributed by atoms with Gasteiger partial charge in [0.1, 0.15) is 0 Å². The molecule has 0 saturated carbocycles. The van der Waals surface area contributed by atoms with Crippen LogP contribution in [-0.4, -0.2) is 34.2 Å². The van der Waals surface area contributed by atoms with E-state index in [1.807, 2.05) is 6.08 Å². The summed E-state index contributed by atoms with van der Waals surface area (Å²) >= 11 is 0. The highest BCUT2D eigenvalue weighted by Crippen LogP contribution is 2.05. The molecule has 0 fully saturated rings. The molecule has 5 nitrogen and oxygen atoms in total. The number of allylic oxidation sites excluding steroid dienone is 3. The largest absolute Gasteiger partial charge is 0.480 e. The highest BCUT2D eigenvalue weighted by molar-refractivity contribution is 5.91. The van der Waals surface area contributed by atoms with Crippen molar-refractivity contribution in [3.05, 3.63) is 24.3 Å². The van der Waals surface area contributed by atoms with Crippen LogP contribution in [-0.2, 0) is 9.59 Å². The van der Waals surface area contributed by atoms with E-state index in [-0.39, 0.29) is 0 Å². The van der Waals surface area contributed by atoms with Crippen molar-refractivity contribution in [2.75, 3.05) is 0 Å². The van der Waals surface area contributed by atoms with Gasteiger partial charge < -0.3 is 15.5 Å². The quantitative estimate of drug-likeness (QED) is 0.310. The molecule has 0 rings (SSSR count). The van der Waals surface area contributed by atoms with Gasteiger partial charge in [0.15, 0.2) is 6.04 Å². The number of hydrogen-bond acceptors (Lipinski definition) is 3. The maximum Gasteiger partial charge on any atom is 0.328 e. The molecule has 0 aliphatic carbocycles. The second kappa shape index (κ2) is 12.1. The molecule has 2 unspecified atom stereocenters. The van der Waals surface area contributed by atoms with E-state index in [0.717, 1.165) is 12.8 Å². The smallest absolute Gasteiger partial charge is 0.328 e. The monoisotopic (exact) mass is 297 g/mol. The summed E-state index contributed by atoms with van der Waals surface area (Å²) in [7, 11) is 0. The fourth-order valence-electron chi connectivity index (χ4n) is 1.77. The maximum atomic E-state index is 11.5. The van der Waals surface area contributed by atoms with Crippen LogP contribution in [0.25, 0.3) is 0 Å². The number of carboxylic acid groups (broad SMARTS) is 1. The van der Waals surface area contributed by atoms with E-state index in [2.05, 4.69) is 12.2 Å². The van der Waals surface area contributed by atoms with E-state index in [0.29, 0.717) is 0 Å². The molecule has 0 spiro atoms. The molecule has 0 aliphatic rings. The van der Waals surface area contributed by atoms with Gasteiger partial charge in [-0.05, 0) is 19.8 Å². The van der Waals surface area contributed by atoms with Crippen molar-refractivity contribution < 1.29 is 19.8 Å². The average Bonchev–Trinajstić information content (AvgIpc) is 2.42. The van der Waals surface area contributed by atoms with Gasteiger partial charge in [-0.1, -0.05) is 50.8 Å². The summed E-state index contributed by atoms with van der Waals surface area (Å²) in [5.41, 5.74) is 0. The van der Waals surface area contributed by atoms with Crippen LogP contribution in [0.3, 0.4) is 0 Å². The van der Waals surface area contributed by atoms with Crippen molar-refractivity contribution in [1.29, 1.82) is 0 Å². The minimum absolute atomic E-state index is 0.532. The van der Waals surface area contributed by atoms with Crippen LogP contribution in [0.1, 0.15) is 52.4 Å². The summed E-state index contributed by atoms with van der Waals surface area (Å²) in [6, 6.07) is -1.29. The molecule has 0 aromatic heterocycles. The molecule has 2 atom stereocenters. The van der Waals surface area contributed by atoms with Crippen LogP contribution in [0.5, 0.6) is 0 Å². The molecule has 21 heavy (non-hydrogen) atoms. The molecule has 0 bridgehead atoms. The molecule has 1 amide bonds. The van der Waals surface area contributed by atoms with Crippen molar-refractivity contribution in [1.82, 2.24) is 5.32 Å². The number of aliphatic hydroxyl groups is 1. The third kappa shape index (κ3) is 10.8. The predicted molar refractivity (Wildman–Crippen MR) is 82.9 cm³/mol. The first-order chi connectivity index (χ1) is 9.99. The first kappa shape index (κ1) is 19.4. The molecule has 0 aromatic carbocycles. The Hall–Kier alpha value is -1.62. The first-order valence-electron chi connectivity index (χ1n) is 7.53. The number of aliphatic hydroxyl groups excluding tert-OH is 1. The number of rotatable bonds is 11. The lowest BCUT2D eigenvalue weighted by Crippen LogP contribution is -2.47. The summed E-state index contributed by atoms with van der Waals surface area (Å²) in [6.45, 7) is 3.50. The summed E-state index contributed by atoms with van der Waals surface area (Å²) < 4.78 is 0. The average molecular weight is 297 g/mol. The van der Waals surface area contributed by atoms with Gasteiger partial charge in [0, 0.05) is 6.08 Å². The van der Waals surface area contributed by atoms with Crippen LogP contribution in [0.15, 0.2) is 24.3 Å². The topological polar surface area (TPSA) is 86.6 Å². The van der Waals surface area contributed by atoms with Crippen molar-refractivity contribution in [2.24, 2.45) is 0 Å². The molecule has 0 saturated heterocycles. The molecule has 0 radical (unpaired) electrons. The van der Waals surface area contributed by atoms with Crippen molar-refractivity contribution in [3.8, 4) is 0 Å². The zero-order valence-electron chi connectivity index (χ0n) is 12.9. The number of hydrogen-bond donors (Lipinski definition) is 3. The summed E-state index contributed by atoms with van der Waals surface area (Å²) in [5, 5.41) is 20.3. The lowest BCUT2D eigenvalue weighted by Gasteiger charge is -2.15. The van der Waals surface area contributed by atoms with Gasteiger partial charge in [-0.3, -0.25) is 4.79 Å². The molecule has 0 aromatic rings. The molecule has 5 heteroatoms. The van der Waals surface area contributed by atoms with E-state index in [1.165, 1.54) is 38.7 Å². The second-order valence-electron chi connectivity index (χ2n) is 5.06. The summed E-state index contributed by atoms with van der Waals surface area (Å²) in [6.07, 6.45) is 12.6. The highest BCUT2D eigenvalue weighted by Gasteiger charge is 2.23. The maximum absolute atomic E-state index is 11.5. The minimum Gasteiger partial charge on any atom is -0.480 e. The van der Waals surface area contributed by atoms with E-state index >= 15 is 0 Å². The van der Waals surface area contributed by atoms with Crippen molar-refractivity contribution >= 4 is 11.9 Å². The Labute approximate surface area is 126 Å². The van der Waals surface area contributed by atoms with Gasteiger partial charge in [-0.2, -0.15) is 0 Å². The van der Waals surface area contributed by atoms with E-state index in [1.54, 1.807) is 12.2 Å². The van der Waals surface area contributed by atoms with Gasteiger partial charge >= 0.3 is 5.97 Å². The number of unbranched alkanes of at least 4 members (excludes halogenated alkanes) is 5. The Kier molecular flexibility index (Phi) is 11.2. The van der Waals surface area contributed by atoms with E-state index < -0.39 is 24.0 Å². The lowest BCUT2D eigenvalue weighted by molar-refractivity contribution is -0.144. The molecule has 120 valence electrons. The fraction of sp³-hybridized carbons (Fsp3) is 0.625. The molecule has 0 heterocycles. The molecule has 3 N–H and O–H groups in total. The lowest BCUT2D eigenvalue weighted by atomic mass is 10.1. The van der Waals surface area contributed by atoms with Crippen LogP contribution in [0, 0.1) is 0 Å². The third-order valence-electron chi connectivity index (χ3n) is 3.02. The van der Waals surface area contributed by atoms with E-state index in [9.17, 15) is 14.7 Å². The normalized spacial score (nSPS) is 14.4. The van der Waals surface area contributed by atoms with Crippen molar-refractivity contribution in [2.45, 2.75) is 64.5 Å². The number of carbonyl (C=O) groups excluding carboxylic acids is 1. The van der Waals surface area contributed by atoms with Crippen LogP contribution in [0.4, 0.5) is 0 Å². The number of carboxylic acids is 1. The second-order valence-corrected chi connectivity index (χ2v) is 5.06. The highest BCUT2D eigenvalue weighted by atomic mass is 16.4. The Morgan fingerprint density at radius 3 is 2.38 bits per heavy atom. The zero-order chi connectivity index (χ0) is 16.1. The standard InChI is InChI=1S/C16H27NO4/c1-3-4-5-6-7-8-9-10-11-12-14(19)17-15(13(2)18)16(20)21/h9-13,15,18H,3-8H2,1-2H3,(H,17,19)(H,20,21). The van der Waals surface area contributed by atoms with Crippen LogP contribution < -0.4 is 5.32 Å². The minimum atomic E-state index is -1.29. The number of carbonyl (C=O) groups is 2. The van der Waals surface area contributed by atoms with Crippen LogP contribution >= 0.6 is 0 Å². The Balaban J connectivity index is 3.91. The van der Waals surface area contributed by atoms with Gasteiger partial charge in [-0.15, -0.1) is 0 Å². The Bertz CT molecular complexity index is 361. The van der Waals surface area contributed by atoms with Gasteiger partial charge in [0.05, 0.1) is 6.10 Å². The van der Waals surface area contributed by atoms with Crippen LogP contribution in [0.2, 0.25) is 0 Å². The molecular formula is C16H27NO4. The Morgan fingerprint density at radius 2 is 1.81 bits per heavy atom. The first-order valence-corrected chi connectivity index (χ1v) is 7.53. The van der Waals surface area contributed by atoms with Gasteiger partial charge in [-0.25, -0.2) is 4.79 Å². The number of amides is 1. The number of aliphatic carboxylic acids is 1. The fourth-order valence-corrected chi connectivity index (χ4v) is 1.77. The van der Waals surface area contributed by atoms with Crippen molar-refractivity contribution in [3.63, 3.8) is 0 Å². The number of nitrogens with one attached hydrogen (secondary N) is 1. The summed E-state index contributed by atoms with van der Waals surface area (Å²) in [4.78, 5) is 22.3. The van der Waals surface area contributed by atoms with Gasteiger partial charge in [0.2, 0.25) is 5.91 Å². The Morgan fingerprint density at radius 1 is 1.14 bits per heavy atom. The summed E-state index contributed by atoms with van der Waals surface area (Å²) in [5.74, 6) is -1.79. The SMILES string of the molecule is CCCCCCCC=CC=CC(=O)NC(C(=O)O)C(C)O. The zero-order valence-corrected chi connectivity index (χ0v) is 12.9. The van der Waals surface area contributed by atoms with Gasteiger partial charge in [0.25, 0.3) is 0 Å². The predicted octanol–water partition coefficient (Wildman–Crippen LogP) is 2.41.